The number of ether oxygens (including phenoxy) is 8. The number of fused-ring (bicyclic) bond motifs is 1. The molecule has 0 radical (unpaired) electrons. The van der Waals surface area contributed by atoms with E-state index in [-0.39, 0.29) is 25.2 Å². The van der Waals surface area contributed by atoms with Crippen LogP contribution in [0.4, 0.5) is 4.79 Å². The van der Waals surface area contributed by atoms with Gasteiger partial charge in [0.05, 0.1) is 41.9 Å². The number of ketones is 2. The number of rotatable bonds is 10. The number of carbonyl (C=O) groups excluding carboxylic acids is 5. The third kappa shape index (κ3) is 9.15. The Labute approximate surface area is 324 Å². The number of benzene rings is 1. The molecule has 3 aliphatic rings. The molecule has 0 spiro atoms. The van der Waals surface area contributed by atoms with Crippen molar-refractivity contribution in [3.8, 4) is 0 Å². The molecule has 0 saturated carbocycles. The van der Waals surface area contributed by atoms with Gasteiger partial charge in [0.15, 0.2) is 29.9 Å². The fraction of sp³-hybridized carbons (Fsp3) is 0.683. The summed E-state index contributed by atoms with van der Waals surface area (Å²) in [4.78, 5) is 70.5. The number of carbonyl (C=O) groups is 5. The summed E-state index contributed by atoms with van der Waals surface area (Å²) in [5, 5.41) is 0. The molecule has 0 bridgehead atoms. The third-order valence-electron chi connectivity index (χ3n) is 11.5. The van der Waals surface area contributed by atoms with Crippen molar-refractivity contribution in [1.82, 2.24) is 4.90 Å². The highest BCUT2D eigenvalue weighted by Gasteiger charge is 2.59. The van der Waals surface area contributed by atoms with E-state index in [2.05, 4.69) is 6.58 Å². The Hall–Kier alpha value is -3.69. The molecule has 306 valence electrons. The van der Waals surface area contributed by atoms with Gasteiger partial charge in [0.25, 0.3) is 0 Å². The van der Waals surface area contributed by atoms with Gasteiger partial charge in [-0.05, 0) is 66.8 Å². The number of methoxy groups -OCH3 is 1. The first-order chi connectivity index (χ1) is 25.8. The molecule has 3 saturated heterocycles. The van der Waals surface area contributed by atoms with Gasteiger partial charge in [-0.15, -0.1) is 6.58 Å². The standard InChI is InChI=1S/C41H59NO13/c1-13-20-49-32-26(7)50-38(33(29(32)42(10)11)52-37(46)27-18-16-15-17-19-27)53-34-24(5)31(44)25(6)36(45)51-28(14-2)41(9)35(54-39(47)55-41)23(4)30(43)22(3)21-40(34,8)48-12/h13,15-19,22-26,28-29,32-35,38H,1,14,20-21H2,2-12H3/t22-,23+,24+,25-,26-,28-,29+,32-,33-,34-,35-,38+,40+,41-/m1/s1. The Morgan fingerprint density at radius 1 is 0.964 bits per heavy atom. The lowest BCUT2D eigenvalue weighted by atomic mass is 9.74. The van der Waals surface area contributed by atoms with Crippen molar-refractivity contribution in [3.05, 3.63) is 48.6 Å². The SMILES string of the molecule is C=CCO[C@H]1[C@H](N(C)C)[C@@H](OC(=O)c2ccccc2)[C@H](O[C@@H]2[C@@H](C)C(=O)[C@@H](C)C(=O)O[C@H](CC)[C@@]3(C)OC(=O)O[C@@H]3[C@@H](C)C(=O)[C@H](C)C[C@]2(C)OC)O[C@@H]1C. The summed E-state index contributed by atoms with van der Waals surface area (Å²) in [5.74, 6) is -6.22. The van der Waals surface area contributed by atoms with Gasteiger partial charge >= 0.3 is 18.1 Å². The average Bonchev–Trinajstić information content (AvgIpc) is 3.47. The van der Waals surface area contributed by atoms with E-state index in [1.54, 1.807) is 78.0 Å². The maximum Gasteiger partial charge on any atom is 0.509 e. The van der Waals surface area contributed by atoms with Crippen LogP contribution in [0.2, 0.25) is 0 Å². The predicted molar refractivity (Wildman–Crippen MR) is 199 cm³/mol. The number of hydrogen-bond donors (Lipinski definition) is 0. The van der Waals surface area contributed by atoms with Crippen LogP contribution in [0, 0.1) is 23.7 Å². The molecule has 55 heavy (non-hydrogen) atoms. The minimum atomic E-state index is -1.50. The van der Waals surface area contributed by atoms with E-state index in [4.69, 9.17) is 37.9 Å². The van der Waals surface area contributed by atoms with E-state index in [1.807, 2.05) is 25.9 Å². The van der Waals surface area contributed by atoms with E-state index in [0.717, 1.165) is 0 Å². The molecule has 3 fully saturated rings. The third-order valence-corrected chi connectivity index (χ3v) is 11.5. The molecule has 14 nitrogen and oxygen atoms in total. The second-order valence-corrected chi connectivity index (χ2v) is 15.7. The maximum absolute atomic E-state index is 14.4. The monoisotopic (exact) mass is 773 g/mol. The molecule has 1 aromatic rings. The Balaban J connectivity index is 1.82. The summed E-state index contributed by atoms with van der Waals surface area (Å²) >= 11 is 0. The fourth-order valence-electron chi connectivity index (χ4n) is 8.39. The average molecular weight is 774 g/mol. The predicted octanol–water partition coefficient (Wildman–Crippen LogP) is 4.95. The van der Waals surface area contributed by atoms with Crippen LogP contribution in [-0.2, 0) is 52.3 Å². The number of likely N-dealkylation sites (N-methyl/N-ethyl adjacent to an activating group) is 1. The molecule has 4 rings (SSSR count). The lowest BCUT2D eigenvalue weighted by molar-refractivity contribution is -0.315. The quantitative estimate of drug-likeness (QED) is 0.136. The zero-order valence-electron chi connectivity index (χ0n) is 34.0. The first-order valence-electron chi connectivity index (χ1n) is 19.0. The lowest BCUT2D eigenvalue weighted by Gasteiger charge is -2.50. The molecule has 0 amide bonds. The second kappa shape index (κ2) is 18.1. The van der Waals surface area contributed by atoms with Crippen LogP contribution in [0.25, 0.3) is 0 Å². The lowest BCUT2D eigenvalue weighted by Crippen LogP contribution is -2.66. The highest BCUT2D eigenvalue weighted by Crippen LogP contribution is 2.42. The van der Waals surface area contributed by atoms with Crippen LogP contribution >= 0.6 is 0 Å². The topological polar surface area (TPSA) is 162 Å². The van der Waals surface area contributed by atoms with Gasteiger partial charge < -0.3 is 42.8 Å². The molecule has 14 atom stereocenters. The van der Waals surface area contributed by atoms with Crippen LogP contribution in [-0.4, -0.2) is 123 Å². The smallest absolute Gasteiger partial charge is 0.457 e. The largest absolute Gasteiger partial charge is 0.509 e. The van der Waals surface area contributed by atoms with Crippen LogP contribution < -0.4 is 0 Å². The molecule has 0 unspecified atom stereocenters. The first-order valence-corrected chi connectivity index (χ1v) is 19.0. The van der Waals surface area contributed by atoms with E-state index in [9.17, 15) is 24.0 Å². The Morgan fingerprint density at radius 2 is 1.62 bits per heavy atom. The summed E-state index contributed by atoms with van der Waals surface area (Å²) < 4.78 is 49.0. The normalized spacial score (nSPS) is 39.0. The zero-order chi connectivity index (χ0) is 41.0. The molecule has 3 aliphatic heterocycles. The van der Waals surface area contributed by atoms with Crippen molar-refractivity contribution in [1.29, 1.82) is 0 Å². The van der Waals surface area contributed by atoms with Crippen molar-refractivity contribution in [3.63, 3.8) is 0 Å². The van der Waals surface area contributed by atoms with E-state index in [0.29, 0.717) is 5.56 Å². The van der Waals surface area contributed by atoms with Crippen LogP contribution in [0.5, 0.6) is 0 Å². The summed E-state index contributed by atoms with van der Waals surface area (Å²) in [7, 11) is 5.09. The van der Waals surface area contributed by atoms with Crippen molar-refractivity contribution >= 4 is 29.7 Å². The number of esters is 2. The number of nitrogens with zero attached hydrogens (tertiary/aromatic N) is 1. The fourth-order valence-corrected chi connectivity index (χ4v) is 8.39. The van der Waals surface area contributed by atoms with Gasteiger partial charge in [-0.1, -0.05) is 52.0 Å². The van der Waals surface area contributed by atoms with Gasteiger partial charge in [-0.3, -0.25) is 14.4 Å². The highest BCUT2D eigenvalue weighted by atomic mass is 16.8. The zero-order valence-corrected chi connectivity index (χ0v) is 34.0. The Morgan fingerprint density at radius 3 is 2.20 bits per heavy atom. The summed E-state index contributed by atoms with van der Waals surface area (Å²) in [5.41, 5.74) is -2.57. The number of cyclic esters (lactones) is 1. The van der Waals surface area contributed by atoms with Crippen molar-refractivity contribution in [2.45, 2.75) is 128 Å². The van der Waals surface area contributed by atoms with Crippen molar-refractivity contribution in [2.75, 3.05) is 27.8 Å². The minimum Gasteiger partial charge on any atom is -0.457 e. The van der Waals surface area contributed by atoms with Crippen molar-refractivity contribution < 1.29 is 61.9 Å². The minimum absolute atomic E-state index is 0.0438. The van der Waals surface area contributed by atoms with Gasteiger partial charge in [-0.25, -0.2) is 9.59 Å². The summed E-state index contributed by atoms with van der Waals surface area (Å²) in [6.07, 6.45) is -5.98. The van der Waals surface area contributed by atoms with E-state index in [1.165, 1.54) is 14.0 Å². The van der Waals surface area contributed by atoms with Crippen LogP contribution in [0.1, 0.15) is 78.6 Å². The molecule has 0 aromatic heterocycles. The summed E-state index contributed by atoms with van der Waals surface area (Å²) in [6.45, 7) is 17.3. The molecule has 3 heterocycles. The van der Waals surface area contributed by atoms with Gasteiger partial charge in [0.1, 0.15) is 23.9 Å². The Kier molecular flexibility index (Phi) is 14.5. The number of Topliss-reactive ketones (excluding diaryl/α,β-unsaturated/α-hetero) is 2. The molecule has 14 heteroatoms. The second-order valence-electron chi connectivity index (χ2n) is 15.7. The highest BCUT2D eigenvalue weighted by molar-refractivity contribution is 6.00. The molecule has 0 N–H and O–H groups in total. The number of hydrogen-bond acceptors (Lipinski definition) is 14. The van der Waals surface area contributed by atoms with Crippen LogP contribution in [0.15, 0.2) is 43.0 Å². The van der Waals surface area contributed by atoms with Gasteiger partial charge in [0, 0.05) is 18.9 Å². The molecular formula is C41H59NO13. The van der Waals surface area contributed by atoms with Gasteiger partial charge in [0.2, 0.25) is 0 Å². The van der Waals surface area contributed by atoms with Gasteiger partial charge in [-0.2, -0.15) is 0 Å². The van der Waals surface area contributed by atoms with E-state index >= 15 is 0 Å². The molecule has 1 aromatic carbocycles. The van der Waals surface area contributed by atoms with Crippen LogP contribution in [0.3, 0.4) is 0 Å². The first kappa shape index (κ1) is 44.0. The molecule has 0 aliphatic carbocycles. The maximum atomic E-state index is 14.4. The molecular weight excluding hydrogens is 714 g/mol. The van der Waals surface area contributed by atoms with Crippen molar-refractivity contribution in [2.24, 2.45) is 23.7 Å². The summed E-state index contributed by atoms with van der Waals surface area (Å²) in [6, 6.07) is 7.88. The Bertz CT molecular complexity index is 1550. The van der Waals surface area contributed by atoms with E-state index < -0.39 is 108 Å².